The molecule has 0 heterocycles. The first-order chi connectivity index (χ1) is 11.7. The third-order valence-electron chi connectivity index (χ3n) is 4.16. The van der Waals surface area contributed by atoms with Crippen LogP contribution in [0.3, 0.4) is 0 Å². The summed E-state index contributed by atoms with van der Waals surface area (Å²) >= 11 is 1.02. The molecule has 4 heteroatoms. The van der Waals surface area contributed by atoms with Gasteiger partial charge in [-0.3, -0.25) is 0 Å². The second-order valence-electron chi connectivity index (χ2n) is 5.45. The maximum absolute atomic E-state index is 2.48. The quantitative estimate of drug-likeness (QED) is 0.538. The van der Waals surface area contributed by atoms with E-state index in [1.165, 1.54) is 11.4 Å². The minimum absolute atomic E-state index is 0.509. The van der Waals surface area contributed by atoms with Crippen molar-refractivity contribution < 1.29 is 0 Å². The standard InChI is InChI=1S/C20H28N2Se2/c1-5-21(6-2)17-13-9-11-15-19(17)23-24-20-16-12-10-14-18(20)22(7-3)8-4/h9-16H,5-8H2,1-4H3. The van der Waals surface area contributed by atoms with Crippen LogP contribution >= 0.6 is 0 Å². The summed E-state index contributed by atoms with van der Waals surface area (Å²) in [5.74, 6) is 0. The number of anilines is 2. The summed E-state index contributed by atoms with van der Waals surface area (Å²) in [6.45, 7) is 13.3. The molecule has 24 heavy (non-hydrogen) atoms. The van der Waals surface area contributed by atoms with Gasteiger partial charge in [0.15, 0.2) is 0 Å². The van der Waals surface area contributed by atoms with E-state index >= 15 is 0 Å². The zero-order valence-electron chi connectivity index (χ0n) is 15.2. The monoisotopic (exact) mass is 456 g/mol. The first kappa shape index (κ1) is 19.4. The van der Waals surface area contributed by atoms with Crippen LogP contribution in [0.15, 0.2) is 48.5 Å². The molecule has 0 amide bonds. The molecule has 130 valence electrons. The average Bonchev–Trinajstić information content (AvgIpc) is 2.64. The molecule has 0 aliphatic heterocycles. The molecule has 0 saturated carbocycles. The minimum atomic E-state index is 0.509. The summed E-state index contributed by atoms with van der Waals surface area (Å²) < 4.78 is 3.09. The summed E-state index contributed by atoms with van der Waals surface area (Å²) in [6.07, 6.45) is 0. The summed E-state index contributed by atoms with van der Waals surface area (Å²) in [5.41, 5.74) is 2.87. The molecular weight excluding hydrogens is 426 g/mol. The topological polar surface area (TPSA) is 6.48 Å². The van der Waals surface area contributed by atoms with Crippen LogP contribution in [0.4, 0.5) is 11.4 Å². The van der Waals surface area contributed by atoms with E-state index in [9.17, 15) is 0 Å². The fourth-order valence-corrected chi connectivity index (χ4v) is 9.95. The molecule has 0 N–H and O–H groups in total. The van der Waals surface area contributed by atoms with E-state index in [0.29, 0.717) is 26.3 Å². The maximum atomic E-state index is 2.48. The number of nitrogens with zero attached hydrogens (tertiary/aromatic N) is 2. The van der Waals surface area contributed by atoms with Crippen molar-refractivity contribution in [2.75, 3.05) is 36.0 Å². The van der Waals surface area contributed by atoms with E-state index in [4.69, 9.17) is 0 Å². The van der Waals surface area contributed by atoms with Crippen LogP contribution in [0.1, 0.15) is 27.7 Å². The molecule has 0 radical (unpaired) electrons. The van der Waals surface area contributed by atoms with Gasteiger partial charge in [-0.2, -0.15) is 0 Å². The van der Waals surface area contributed by atoms with Gasteiger partial charge >= 0.3 is 159 Å². The molecule has 0 saturated heterocycles. The Morgan fingerprint density at radius 2 is 0.917 bits per heavy atom. The Hall–Kier alpha value is -0.921. The predicted molar refractivity (Wildman–Crippen MR) is 111 cm³/mol. The van der Waals surface area contributed by atoms with Crippen LogP contribution in [0.5, 0.6) is 0 Å². The average molecular weight is 454 g/mol. The van der Waals surface area contributed by atoms with Crippen LogP contribution in [-0.4, -0.2) is 52.4 Å². The third kappa shape index (κ3) is 4.80. The zero-order chi connectivity index (χ0) is 17.4. The zero-order valence-corrected chi connectivity index (χ0v) is 18.6. The fourth-order valence-electron chi connectivity index (χ4n) is 2.80. The van der Waals surface area contributed by atoms with Crippen molar-refractivity contribution in [3.63, 3.8) is 0 Å². The van der Waals surface area contributed by atoms with Gasteiger partial charge in [-0.25, -0.2) is 0 Å². The van der Waals surface area contributed by atoms with E-state index < -0.39 is 0 Å². The molecule has 0 aliphatic rings. The van der Waals surface area contributed by atoms with Gasteiger partial charge < -0.3 is 0 Å². The molecule has 2 aromatic rings. The summed E-state index contributed by atoms with van der Waals surface area (Å²) in [6, 6.07) is 18.0. The summed E-state index contributed by atoms with van der Waals surface area (Å²) in [7, 11) is 0. The number of rotatable bonds is 9. The van der Waals surface area contributed by atoms with Crippen molar-refractivity contribution in [2.45, 2.75) is 27.7 Å². The van der Waals surface area contributed by atoms with Gasteiger partial charge in [0.05, 0.1) is 0 Å². The van der Waals surface area contributed by atoms with Crippen molar-refractivity contribution in [1.29, 1.82) is 0 Å². The van der Waals surface area contributed by atoms with E-state index in [-0.39, 0.29) is 0 Å². The Labute approximate surface area is 158 Å². The number of para-hydroxylation sites is 2. The van der Waals surface area contributed by atoms with Crippen molar-refractivity contribution in [2.24, 2.45) is 0 Å². The van der Waals surface area contributed by atoms with Gasteiger partial charge in [0.2, 0.25) is 0 Å². The first-order valence-corrected chi connectivity index (χ1v) is 14.8. The number of hydrogen-bond donors (Lipinski definition) is 0. The molecule has 0 fully saturated rings. The van der Waals surface area contributed by atoms with Gasteiger partial charge in [-0.05, 0) is 0 Å². The molecule has 0 bridgehead atoms. The number of hydrogen-bond acceptors (Lipinski definition) is 2. The Morgan fingerprint density at radius 1 is 0.583 bits per heavy atom. The van der Waals surface area contributed by atoms with Gasteiger partial charge in [-0.15, -0.1) is 0 Å². The van der Waals surface area contributed by atoms with E-state index in [1.807, 2.05) is 0 Å². The molecule has 0 atom stereocenters. The fraction of sp³-hybridized carbons (Fsp3) is 0.400. The van der Waals surface area contributed by atoms with Crippen LogP contribution in [0, 0.1) is 0 Å². The van der Waals surface area contributed by atoms with Crippen LogP contribution in [0.2, 0.25) is 0 Å². The van der Waals surface area contributed by atoms with Crippen LogP contribution in [-0.2, 0) is 0 Å². The summed E-state index contributed by atoms with van der Waals surface area (Å²) in [5, 5.41) is 0. The van der Waals surface area contributed by atoms with E-state index in [1.54, 1.807) is 8.92 Å². The van der Waals surface area contributed by atoms with Crippen molar-refractivity contribution in [3.05, 3.63) is 48.5 Å². The first-order valence-electron chi connectivity index (χ1n) is 8.77. The Morgan fingerprint density at radius 3 is 1.25 bits per heavy atom. The molecule has 2 rings (SSSR count). The van der Waals surface area contributed by atoms with Crippen molar-refractivity contribution in [3.8, 4) is 0 Å². The third-order valence-corrected chi connectivity index (χ3v) is 11.4. The van der Waals surface area contributed by atoms with Gasteiger partial charge in [0.1, 0.15) is 0 Å². The Balaban J connectivity index is 2.21. The number of benzene rings is 2. The Bertz CT molecular complexity index is 567. The predicted octanol–water partition coefficient (Wildman–Crippen LogP) is 2.65. The van der Waals surface area contributed by atoms with Crippen LogP contribution < -0.4 is 18.7 Å². The molecule has 0 spiro atoms. The van der Waals surface area contributed by atoms with Gasteiger partial charge in [-0.1, -0.05) is 0 Å². The van der Waals surface area contributed by atoms with Crippen LogP contribution in [0.25, 0.3) is 0 Å². The molecule has 0 aromatic heterocycles. The Kier molecular flexibility index (Phi) is 8.21. The normalized spacial score (nSPS) is 10.7. The molecule has 0 aliphatic carbocycles. The van der Waals surface area contributed by atoms with Gasteiger partial charge in [0, 0.05) is 0 Å². The van der Waals surface area contributed by atoms with Gasteiger partial charge in [0.25, 0.3) is 0 Å². The second kappa shape index (κ2) is 10.2. The van der Waals surface area contributed by atoms with E-state index in [0.717, 1.165) is 26.2 Å². The summed E-state index contributed by atoms with van der Waals surface area (Å²) in [4.78, 5) is 4.95. The SMILES string of the molecule is CCN(CC)c1ccccc1[Se][Se]c1ccccc1N(CC)CC. The molecular formula is C20H28N2Se2. The van der Waals surface area contributed by atoms with Crippen molar-refractivity contribution in [1.82, 2.24) is 0 Å². The molecule has 2 aromatic carbocycles. The molecule has 0 unspecified atom stereocenters. The second-order valence-corrected chi connectivity index (χ2v) is 11.6. The molecule has 2 nitrogen and oxygen atoms in total. The van der Waals surface area contributed by atoms with Crippen molar-refractivity contribution >= 4 is 46.6 Å². The van der Waals surface area contributed by atoms with E-state index in [2.05, 4.69) is 86.0 Å².